The fourth-order valence-corrected chi connectivity index (χ4v) is 3.90. The number of anilines is 2. The highest BCUT2D eigenvalue weighted by molar-refractivity contribution is 5.96. The van der Waals surface area contributed by atoms with Crippen LogP contribution < -0.4 is 10.1 Å². The lowest BCUT2D eigenvalue weighted by Gasteiger charge is -2.25. The number of nitrogens with zero attached hydrogens (tertiary/aromatic N) is 5. The minimum Gasteiger partial charge on any atom is -0.495 e. The van der Waals surface area contributed by atoms with Crippen molar-refractivity contribution in [3.8, 4) is 17.0 Å². The highest BCUT2D eigenvalue weighted by Gasteiger charge is 2.21. The van der Waals surface area contributed by atoms with Crippen LogP contribution in [0.25, 0.3) is 22.2 Å². The Morgan fingerprint density at radius 3 is 2.54 bits per heavy atom. The van der Waals surface area contributed by atoms with Gasteiger partial charge in [0.1, 0.15) is 17.2 Å². The maximum atomic E-state index is 12.3. The number of benzene rings is 1. The summed E-state index contributed by atoms with van der Waals surface area (Å²) in [7, 11) is 4.99. The van der Waals surface area contributed by atoms with Crippen molar-refractivity contribution >= 4 is 34.6 Å². The Bertz CT molecular complexity index is 1470. The molecule has 0 saturated carbocycles. The molecule has 11 heteroatoms. The van der Waals surface area contributed by atoms with E-state index in [9.17, 15) is 14.7 Å². The van der Waals surface area contributed by atoms with Crippen molar-refractivity contribution in [1.29, 1.82) is 0 Å². The van der Waals surface area contributed by atoms with Gasteiger partial charge in [0, 0.05) is 50.0 Å². The summed E-state index contributed by atoms with van der Waals surface area (Å²) >= 11 is 0. The molecule has 0 fully saturated rings. The molecular weight excluding hydrogens is 476 g/mol. The number of amides is 1. The van der Waals surface area contributed by atoms with Crippen LogP contribution >= 0.6 is 0 Å². The smallest absolute Gasteiger partial charge is 0.416 e. The van der Waals surface area contributed by atoms with Gasteiger partial charge in [-0.05, 0) is 44.5 Å². The molecule has 0 aliphatic rings. The molecule has 0 bridgehead atoms. The van der Waals surface area contributed by atoms with Gasteiger partial charge in [-0.2, -0.15) is 5.10 Å². The van der Waals surface area contributed by atoms with Crippen molar-refractivity contribution in [3.63, 3.8) is 0 Å². The van der Waals surface area contributed by atoms with Gasteiger partial charge in [0.25, 0.3) is 0 Å². The standard InChI is InChI=1S/C26H30N6O5/c1-26(2,3)37-25(35)30(4)14-16-7-8-19(22(9-16)36-6)29-23-11-21-17(12-27-23)10-20(32(21)24(33)34)18-13-28-31(5)15-18/h7-13,15H,14H2,1-6H3,(H,27,29)(H,33,34). The molecule has 194 valence electrons. The van der Waals surface area contributed by atoms with E-state index in [-0.39, 0.29) is 0 Å². The number of nitrogens with one attached hydrogen (secondary N) is 1. The third-order valence-electron chi connectivity index (χ3n) is 5.53. The molecule has 0 aliphatic carbocycles. The van der Waals surface area contributed by atoms with Crippen LogP contribution in [0.1, 0.15) is 26.3 Å². The summed E-state index contributed by atoms with van der Waals surface area (Å²) in [5.41, 5.74) is 2.58. The van der Waals surface area contributed by atoms with Crippen LogP contribution in [0.2, 0.25) is 0 Å². The summed E-state index contributed by atoms with van der Waals surface area (Å²) in [6, 6.07) is 8.95. The maximum Gasteiger partial charge on any atom is 0.416 e. The minimum absolute atomic E-state index is 0.332. The van der Waals surface area contributed by atoms with Crippen molar-refractivity contribution in [2.24, 2.45) is 7.05 Å². The zero-order valence-corrected chi connectivity index (χ0v) is 21.6. The van der Waals surface area contributed by atoms with E-state index in [2.05, 4.69) is 15.4 Å². The molecule has 0 unspecified atom stereocenters. The molecule has 0 saturated heterocycles. The Morgan fingerprint density at radius 2 is 1.92 bits per heavy atom. The van der Waals surface area contributed by atoms with Crippen molar-refractivity contribution in [2.75, 3.05) is 19.5 Å². The van der Waals surface area contributed by atoms with Crippen LogP contribution in [0, 0.1) is 0 Å². The van der Waals surface area contributed by atoms with E-state index < -0.39 is 17.8 Å². The number of pyridine rings is 1. The van der Waals surface area contributed by atoms with Gasteiger partial charge < -0.3 is 24.8 Å². The molecule has 4 rings (SSSR count). The van der Waals surface area contributed by atoms with E-state index in [1.165, 1.54) is 9.47 Å². The van der Waals surface area contributed by atoms with E-state index in [1.807, 2.05) is 39.0 Å². The number of ether oxygens (including phenoxy) is 2. The quantitative estimate of drug-likeness (QED) is 0.371. The number of aromatic nitrogens is 4. The lowest BCUT2D eigenvalue weighted by atomic mass is 10.1. The first-order chi connectivity index (χ1) is 17.4. The molecular formula is C26H30N6O5. The van der Waals surface area contributed by atoms with Gasteiger partial charge in [-0.1, -0.05) is 6.07 Å². The fraction of sp³-hybridized carbons (Fsp3) is 0.308. The number of rotatable bonds is 6. The van der Waals surface area contributed by atoms with E-state index in [0.29, 0.717) is 46.0 Å². The molecule has 3 aromatic heterocycles. The molecule has 4 aromatic rings. The van der Waals surface area contributed by atoms with Gasteiger partial charge in [-0.3, -0.25) is 4.68 Å². The zero-order chi connectivity index (χ0) is 26.9. The summed E-state index contributed by atoms with van der Waals surface area (Å²) in [5.74, 6) is 0.990. The molecule has 1 aromatic carbocycles. The zero-order valence-electron chi connectivity index (χ0n) is 21.6. The lowest BCUT2D eigenvalue weighted by Crippen LogP contribution is -2.33. The second-order valence-electron chi connectivity index (χ2n) is 9.67. The number of hydrogen-bond donors (Lipinski definition) is 2. The van der Waals surface area contributed by atoms with Crippen molar-refractivity contribution in [1.82, 2.24) is 24.2 Å². The van der Waals surface area contributed by atoms with E-state index >= 15 is 0 Å². The van der Waals surface area contributed by atoms with E-state index in [0.717, 1.165) is 5.56 Å². The topological polar surface area (TPSA) is 124 Å². The lowest BCUT2D eigenvalue weighted by molar-refractivity contribution is 0.0285. The summed E-state index contributed by atoms with van der Waals surface area (Å²) in [4.78, 5) is 30.4. The second kappa shape index (κ2) is 9.84. The average molecular weight is 507 g/mol. The monoisotopic (exact) mass is 506 g/mol. The highest BCUT2D eigenvalue weighted by Crippen LogP contribution is 2.32. The van der Waals surface area contributed by atoms with E-state index in [4.69, 9.17) is 9.47 Å². The normalized spacial score (nSPS) is 11.4. The van der Waals surface area contributed by atoms with Gasteiger partial charge >= 0.3 is 12.2 Å². The van der Waals surface area contributed by atoms with Gasteiger partial charge in [-0.15, -0.1) is 0 Å². The third kappa shape index (κ3) is 5.66. The van der Waals surface area contributed by atoms with Gasteiger partial charge in [0.05, 0.1) is 30.2 Å². The van der Waals surface area contributed by atoms with Crippen LogP contribution in [0.4, 0.5) is 21.1 Å². The maximum absolute atomic E-state index is 12.3. The SMILES string of the molecule is COc1cc(CN(C)C(=O)OC(C)(C)C)ccc1Nc1cc2c(cn1)cc(-c1cnn(C)c1)n2C(=O)O. The van der Waals surface area contributed by atoms with Crippen molar-refractivity contribution < 1.29 is 24.2 Å². The number of methoxy groups -OCH3 is 1. The predicted octanol–water partition coefficient (Wildman–Crippen LogP) is 5.08. The fourth-order valence-electron chi connectivity index (χ4n) is 3.90. The van der Waals surface area contributed by atoms with Crippen LogP contribution in [-0.2, 0) is 18.3 Å². The Labute approximate surface area is 214 Å². The molecule has 3 heterocycles. The Balaban J connectivity index is 1.60. The second-order valence-corrected chi connectivity index (χ2v) is 9.67. The van der Waals surface area contributed by atoms with Crippen LogP contribution in [0.3, 0.4) is 0 Å². The van der Waals surface area contributed by atoms with Gasteiger partial charge in [0.2, 0.25) is 0 Å². The molecule has 2 N–H and O–H groups in total. The molecule has 37 heavy (non-hydrogen) atoms. The molecule has 0 aliphatic heterocycles. The molecule has 0 spiro atoms. The number of carbonyl (C=O) groups is 2. The summed E-state index contributed by atoms with van der Waals surface area (Å²) in [6.45, 7) is 5.79. The first-order valence-corrected chi connectivity index (χ1v) is 11.6. The highest BCUT2D eigenvalue weighted by atomic mass is 16.6. The largest absolute Gasteiger partial charge is 0.495 e. The Morgan fingerprint density at radius 1 is 1.16 bits per heavy atom. The van der Waals surface area contributed by atoms with Crippen molar-refractivity contribution in [3.05, 3.63) is 54.5 Å². The van der Waals surface area contributed by atoms with Crippen molar-refractivity contribution in [2.45, 2.75) is 32.9 Å². The molecule has 0 radical (unpaired) electrons. The van der Waals surface area contributed by atoms with Crippen LogP contribution in [0.5, 0.6) is 5.75 Å². The van der Waals surface area contributed by atoms with Crippen LogP contribution in [-0.4, -0.2) is 61.3 Å². The number of carboxylic acid groups (broad SMARTS) is 1. The number of aryl methyl sites for hydroxylation is 1. The summed E-state index contributed by atoms with van der Waals surface area (Å²) < 4.78 is 13.8. The molecule has 0 atom stereocenters. The number of fused-ring (bicyclic) bond motifs is 1. The number of hydrogen-bond acceptors (Lipinski definition) is 7. The summed E-state index contributed by atoms with van der Waals surface area (Å²) in [5, 5.41) is 18.0. The predicted molar refractivity (Wildman–Crippen MR) is 139 cm³/mol. The molecule has 1 amide bonds. The Hall–Kier alpha value is -4.54. The van der Waals surface area contributed by atoms with E-state index in [1.54, 1.807) is 56.6 Å². The molecule has 11 nitrogen and oxygen atoms in total. The number of carbonyl (C=O) groups excluding carboxylic acids is 1. The average Bonchev–Trinajstić information content (AvgIpc) is 3.42. The minimum atomic E-state index is -1.11. The first-order valence-electron chi connectivity index (χ1n) is 11.6. The first kappa shape index (κ1) is 25.5. The van der Waals surface area contributed by atoms with Gasteiger partial charge in [-0.25, -0.2) is 19.1 Å². The Kier molecular flexibility index (Phi) is 6.80. The summed E-state index contributed by atoms with van der Waals surface area (Å²) in [6.07, 6.45) is 3.47. The van der Waals surface area contributed by atoms with Gasteiger partial charge in [0.15, 0.2) is 0 Å². The van der Waals surface area contributed by atoms with Crippen LogP contribution in [0.15, 0.2) is 48.9 Å². The third-order valence-corrected chi connectivity index (χ3v) is 5.53.